The summed E-state index contributed by atoms with van der Waals surface area (Å²) in [7, 11) is 0. The fourth-order valence-electron chi connectivity index (χ4n) is 1.15. The van der Waals surface area contributed by atoms with E-state index in [2.05, 4.69) is 0 Å². The van der Waals surface area contributed by atoms with E-state index >= 15 is 0 Å². The van der Waals surface area contributed by atoms with Gasteiger partial charge < -0.3 is 9.84 Å². The molecule has 1 aromatic rings. The summed E-state index contributed by atoms with van der Waals surface area (Å²) in [6.07, 6.45) is 0. The van der Waals surface area contributed by atoms with E-state index < -0.39 is 5.97 Å². The summed E-state index contributed by atoms with van der Waals surface area (Å²) in [5.41, 5.74) is 1.62. The van der Waals surface area contributed by atoms with Crippen molar-refractivity contribution in [3.63, 3.8) is 0 Å². The molecule has 0 fully saturated rings. The van der Waals surface area contributed by atoms with Crippen molar-refractivity contribution in [2.75, 3.05) is 0 Å². The van der Waals surface area contributed by atoms with Gasteiger partial charge in [0.25, 0.3) is 0 Å². The SMILES string of the molecule is CC(C)=C(OCc1ccccc1)C(=O)O. The number of carbonyl (C=O) groups is 1. The van der Waals surface area contributed by atoms with E-state index in [4.69, 9.17) is 9.84 Å². The second kappa shape index (κ2) is 5.20. The predicted octanol–water partition coefficient (Wildman–Crippen LogP) is 2.58. The zero-order chi connectivity index (χ0) is 11.3. The fourth-order valence-corrected chi connectivity index (χ4v) is 1.15. The minimum atomic E-state index is -1.02. The molecule has 0 spiro atoms. The molecule has 0 saturated carbocycles. The Labute approximate surface area is 89.0 Å². The van der Waals surface area contributed by atoms with Crippen LogP contribution in [0.2, 0.25) is 0 Å². The maximum Gasteiger partial charge on any atom is 0.371 e. The molecule has 0 aliphatic carbocycles. The molecule has 3 heteroatoms. The van der Waals surface area contributed by atoms with Crippen LogP contribution in [0.1, 0.15) is 19.4 Å². The molecule has 0 radical (unpaired) electrons. The summed E-state index contributed by atoms with van der Waals surface area (Å²) < 4.78 is 5.23. The monoisotopic (exact) mass is 206 g/mol. The Kier molecular flexibility index (Phi) is 3.92. The maximum atomic E-state index is 10.8. The van der Waals surface area contributed by atoms with Gasteiger partial charge in [-0.15, -0.1) is 0 Å². The average Bonchev–Trinajstić information content (AvgIpc) is 2.18. The van der Waals surface area contributed by atoms with Crippen LogP contribution in [0.15, 0.2) is 41.7 Å². The number of hydrogen-bond donors (Lipinski definition) is 1. The number of benzene rings is 1. The molecule has 0 aromatic heterocycles. The van der Waals surface area contributed by atoms with Crippen molar-refractivity contribution < 1.29 is 14.6 Å². The number of carboxylic acid groups (broad SMARTS) is 1. The number of carboxylic acids is 1. The Morgan fingerprint density at radius 2 is 1.87 bits per heavy atom. The Morgan fingerprint density at radius 1 is 1.27 bits per heavy atom. The van der Waals surface area contributed by atoms with Crippen LogP contribution in [0.5, 0.6) is 0 Å². The molecule has 1 aromatic carbocycles. The molecule has 0 aliphatic rings. The minimum absolute atomic E-state index is 0.0267. The van der Waals surface area contributed by atoms with Gasteiger partial charge >= 0.3 is 5.97 Å². The van der Waals surface area contributed by atoms with Crippen LogP contribution in [-0.4, -0.2) is 11.1 Å². The first-order valence-corrected chi connectivity index (χ1v) is 4.68. The number of allylic oxidation sites excluding steroid dienone is 1. The lowest BCUT2D eigenvalue weighted by Crippen LogP contribution is -2.06. The van der Waals surface area contributed by atoms with Crippen LogP contribution in [-0.2, 0) is 16.1 Å². The van der Waals surface area contributed by atoms with Gasteiger partial charge in [-0.25, -0.2) is 4.79 Å². The maximum absolute atomic E-state index is 10.8. The van der Waals surface area contributed by atoms with Crippen LogP contribution in [0.4, 0.5) is 0 Å². The molecular formula is C12H14O3. The highest BCUT2D eigenvalue weighted by atomic mass is 16.5. The van der Waals surface area contributed by atoms with Crippen LogP contribution >= 0.6 is 0 Å². The van der Waals surface area contributed by atoms with Crippen molar-refractivity contribution >= 4 is 5.97 Å². The minimum Gasteiger partial charge on any atom is -0.482 e. The lowest BCUT2D eigenvalue weighted by molar-refractivity contribution is -0.137. The van der Waals surface area contributed by atoms with Gasteiger partial charge in [0, 0.05) is 0 Å². The van der Waals surface area contributed by atoms with E-state index in [-0.39, 0.29) is 12.4 Å². The highest BCUT2D eigenvalue weighted by molar-refractivity contribution is 5.84. The van der Waals surface area contributed by atoms with Crippen LogP contribution in [0, 0.1) is 0 Å². The van der Waals surface area contributed by atoms with Crippen molar-refractivity contribution in [3.05, 3.63) is 47.2 Å². The largest absolute Gasteiger partial charge is 0.482 e. The molecule has 0 saturated heterocycles. The molecule has 0 heterocycles. The third-order valence-electron chi connectivity index (χ3n) is 1.87. The molecule has 3 nitrogen and oxygen atoms in total. The zero-order valence-corrected chi connectivity index (χ0v) is 8.86. The molecule has 0 atom stereocenters. The summed E-state index contributed by atoms with van der Waals surface area (Å²) in [4.78, 5) is 10.8. The van der Waals surface area contributed by atoms with E-state index in [0.29, 0.717) is 5.57 Å². The van der Waals surface area contributed by atoms with E-state index in [0.717, 1.165) is 5.56 Å². The molecule has 1 N–H and O–H groups in total. The fraction of sp³-hybridized carbons (Fsp3) is 0.250. The Balaban J connectivity index is 2.64. The molecule has 0 unspecified atom stereocenters. The Bertz CT molecular complexity index is 362. The van der Waals surface area contributed by atoms with Gasteiger partial charge in [-0.2, -0.15) is 0 Å². The lowest BCUT2D eigenvalue weighted by Gasteiger charge is -2.08. The number of rotatable bonds is 4. The predicted molar refractivity (Wildman–Crippen MR) is 57.2 cm³/mol. The molecule has 0 bridgehead atoms. The van der Waals surface area contributed by atoms with Gasteiger partial charge in [0.05, 0.1) is 0 Å². The molecule has 1 rings (SSSR count). The molecular weight excluding hydrogens is 192 g/mol. The third-order valence-corrected chi connectivity index (χ3v) is 1.87. The smallest absolute Gasteiger partial charge is 0.371 e. The van der Waals surface area contributed by atoms with E-state index in [1.54, 1.807) is 13.8 Å². The summed E-state index contributed by atoms with van der Waals surface area (Å²) in [6.45, 7) is 3.72. The second-order valence-corrected chi connectivity index (χ2v) is 3.41. The molecule has 0 amide bonds. The Morgan fingerprint density at radius 3 is 2.33 bits per heavy atom. The van der Waals surface area contributed by atoms with Crippen molar-refractivity contribution in [3.8, 4) is 0 Å². The van der Waals surface area contributed by atoms with Crippen molar-refractivity contribution in [1.29, 1.82) is 0 Å². The van der Waals surface area contributed by atoms with E-state index in [1.807, 2.05) is 30.3 Å². The third kappa shape index (κ3) is 3.46. The van der Waals surface area contributed by atoms with E-state index in [1.165, 1.54) is 0 Å². The quantitative estimate of drug-likeness (QED) is 0.608. The standard InChI is InChI=1S/C12H14O3/c1-9(2)11(12(13)14)15-8-10-6-4-3-5-7-10/h3-7H,8H2,1-2H3,(H,13,14). The first-order chi connectivity index (χ1) is 7.11. The normalized spacial score (nSPS) is 9.47. The summed E-state index contributed by atoms with van der Waals surface area (Å²) in [5, 5.41) is 8.84. The molecule has 0 aliphatic heterocycles. The molecule has 15 heavy (non-hydrogen) atoms. The summed E-state index contributed by atoms with van der Waals surface area (Å²) in [5.74, 6) is -0.996. The first-order valence-electron chi connectivity index (χ1n) is 4.68. The van der Waals surface area contributed by atoms with Gasteiger partial charge in [0.15, 0.2) is 0 Å². The van der Waals surface area contributed by atoms with Crippen LogP contribution in [0.25, 0.3) is 0 Å². The van der Waals surface area contributed by atoms with Gasteiger partial charge in [0.1, 0.15) is 6.61 Å². The Hall–Kier alpha value is -1.77. The summed E-state index contributed by atoms with van der Waals surface area (Å²) in [6, 6.07) is 9.47. The highest BCUT2D eigenvalue weighted by Gasteiger charge is 2.10. The van der Waals surface area contributed by atoms with E-state index in [9.17, 15) is 4.79 Å². The van der Waals surface area contributed by atoms with Crippen LogP contribution < -0.4 is 0 Å². The van der Waals surface area contributed by atoms with Gasteiger partial charge in [-0.3, -0.25) is 0 Å². The van der Waals surface area contributed by atoms with Crippen LogP contribution in [0.3, 0.4) is 0 Å². The van der Waals surface area contributed by atoms with Gasteiger partial charge in [0.2, 0.25) is 5.76 Å². The molecule has 80 valence electrons. The highest BCUT2D eigenvalue weighted by Crippen LogP contribution is 2.09. The number of hydrogen-bond acceptors (Lipinski definition) is 2. The average molecular weight is 206 g/mol. The summed E-state index contributed by atoms with van der Waals surface area (Å²) >= 11 is 0. The zero-order valence-electron chi connectivity index (χ0n) is 8.86. The first kappa shape index (κ1) is 11.3. The van der Waals surface area contributed by atoms with Crippen molar-refractivity contribution in [2.24, 2.45) is 0 Å². The van der Waals surface area contributed by atoms with Crippen molar-refractivity contribution in [1.82, 2.24) is 0 Å². The number of ether oxygens (including phenoxy) is 1. The van der Waals surface area contributed by atoms with Gasteiger partial charge in [-0.05, 0) is 25.0 Å². The topological polar surface area (TPSA) is 46.5 Å². The van der Waals surface area contributed by atoms with Crippen molar-refractivity contribution in [2.45, 2.75) is 20.5 Å². The lowest BCUT2D eigenvalue weighted by atomic mass is 10.2. The number of aliphatic carboxylic acids is 1. The second-order valence-electron chi connectivity index (χ2n) is 3.41. The van der Waals surface area contributed by atoms with Gasteiger partial charge in [-0.1, -0.05) is 30.3 Å².